The summed E-state index contributed by atoms with van der Waals surface area (Å²) >= 11 is 0. The molecule has 9 rings (SSSR count). The molecule has 4 saturated heterocycles. The molecule has 340 valence electrons. The van der Waals surface area contributed by atoms with Crippen molar-refractivity contribution in [1.29, 1.82) is 5.26 Å². The van der Waals surface area contributed by atoms with E-state index >= 15 is 8.78 Å². The maximum Gasteiger partial charge on any atom is 0.350 e. The first-order valence-corrected chi connectivity index (χ1v) is 22.7. The number of nitrogens with zero attached hydrogens (tertiary/aromatic N) is 9. The van der Waals surface area contributed by atoms with Crippen LogP contribution < -0.4 is 24.6 Å². The van der Waals surface area contributed by atoms with E-state index in [0.717, 1.165) is 35.8 Å². The standard InChI is InChI=1S/C43H44F3N11O7S/c1-52-37-21-38(34(46)20-31(37)41(50-52)56-16-11-39(58)49-43(56)60)54-13-9-27(10-14-54)53-12-2-3-28(24-63-18-17-53)57-25-48-35-6-4-29(19-30(35)42(57)59)64-40-32(22-47)36(7-5-33(40)45)51-65(61,62)55-15-8-26(44)23-55/h4-7,19-21,25-27,51H,2-3,8-18,23-24H2,1H3/p+1/t26-/m1/s1. The van der Waals surface area contributed by atoms with E-state index in [4.69, 9.17) is 9.47 Å². The number of ether oxygens (including phenoxy) is 2. The minimum atomic E-state index is -4.26. The van der Waals surface area contributed by atoms with Crippen LogP contribution in [0.3, 0.4) is 0 Å². The molecular weight excluding hydrogens is 872 g/mol. The van der Waals surface area contributed by atoms with E-state index in [-0.39, 0.29) is 68.0 Å². The first kappa shape index (κ1) is 43.8. The number of aromatic nitrogens is 2. The molecule has 65 heavy (non-hydrogen) atoms. The van der Waals surface area contributed by atoms with Crippen molar-refractivity contribution in [2.75, 3.05) is 73.5 Å². The Morgan fingerprint density at radius 3 is 2.55 bits per heavy atom. The molecule has 1 aromatic heterocycles. The maximum absolute atomic E-state index is 15.8. The van der Waals surface area contributed by atoms with Crippen molar-refractivity contribution < 1.29 is 50.0 Å². The summed E-state index contributed by atoms with van der Waals surface area (Å²) in [7, 11) is -2.52. The van der Waals surface area contributed by atoms with Crippen LogP contribution in [-0.4, -0.2) is 133 Å². The third-order valence-electron chi connectivity index (χ3n) is 12.4. The van der Waals surface area contributed by atoms with Crippen molar-refractivity contribution in [3.63, 3.8) is 0 Å². The molecule has 1 atom stereocenters. The zero-order valence-electron chi connectivity index (χ0n) is 35.3. The lowest BCUT2D eigenvalue weighted by molar-refractivity contribution is -0.297. The highest BCUT2D eigenvalue weighted by molar-refractivity contribution is 7.90. The molecule has 0 unspecified atom stereocenters. The highest BCUT2D eigenvalue weighted by atomic mass is 32.2. The van der Waals surface area contributed by atoms with Crippen LogP contribution in [0.15, 0.2) is 47.5 Å². The molecule has 6 heterocycles. The van der Waals surface area contributed by atoms with E-state index in [1.54, 1.807) is 23.9 Å². The summed E-state index contributed by atoms with van der Waals surface area (Å²) in [5.41, 5.74) is 1.61. The third-order valence-corrected chi connectivity index (χ3v) is 13.9. The molecular formula is C43H45F3N11O7S+. The molecule has 0 saturated carbocycles. The SMILES string of the molecule is Cn1nc(N2CCC(=O)NC2=O)c2cc(F)c(N3CCC(N4CCCC(=[N+]5C=Nc6ccc(Oc7c(F)ccc(NS(=O)(=O)N8CC[C@@H](F)C8)c7C#N)cc6C5=O)COCC4)CC3)cc21. The zero-order valence-corrected chi connectivity index (χ0v) is 36.1. The van der Waals surface area contributed by atoms with Gasteiger partial charge < -0.3 is 14.4 Å². The minimum Gasteiger partial charge on any atom is -0.453 e. The number of nitriles is 1. The number of urea groups is 1. The molecule has 0 bridgehead atoms. The fourth-order valence-electron chi connectivity index (χ4n) is 8.99. The first-order valence-electron chi connectivity index (χ1n) is 21.3. The monoisotopic (exact) mass is 916 g/mol. The van der Waals surface area contributed by atoms with E-state index in [0.29, 0.717) is 72.9 Å². The van der Waals surface area contributed by atoms with Gasteiger partial charge in [-0.1, -0.05) is 0 Å². The highest BCUT2D eigenvalue weighted by Gasteiger charge is 2.35. The number of alkyl halides is 1. The summed E-state index contributed by atoms with van der Waals surface area (Å²) in [4.78, 5) is 48.5. The van der Waals surface area contributed by atoms with Crippen molar-refractivity contribution in [2.24, 2.45) is 12.0 Å². The number of imide groups is 1. The van der Waals surface area contributed by atoms with Gasteiger partial charge in [0.1, 0.15) is 47.3 Å². The van der Waals surface area contributed by atoms with Gasteiger partial charge in [0.2, 0.25) is 5.91 Å². The van der Waals surface area contributed by atoms with Gasteiger partial charge in [-0.3, -0.25) is 29.3 Å². The number of benzene rings is 3. The second kappa shape index (κ2) is 17.9. The average Bonchev–Trinajstić information content (AvgIpc) is 3.90. The molecule has 5 aliphatic rings. The quantitative estimate of drug-likeness (QED) is 0.232. The zero-order chi connectivity index (χ0) is 45.6. The number of halogens is 3. The first-order chi connectivity index (χ1) is 31.3. The molecule has 5 aliphatic heterocycles. The third kappa shape index (κ3) is 8.75. The summed E-state index contributed by atoms with van der Waals surface area (Å²) in [6.07, 6.45) is 3.09. The molecule has 0 spiro atoms. The lowest BCUT2D eigenvalue weighted by atomic mass is 10.0. The number of hydrogen-bond acceptors (Lipinski definition) is 12. The predicted octanol–water partition coefficient (Wildman–Crippen LogP) is 4.71. The van der Waals surface area contributed by atoms with E-state index in [1.165, 1.54) is 40.1 Å². The molecule has 4 aromatic rings. The van der Waals surface area contributed by atoms with Gasteiger partial charge in [-0.25, -0.2) is 22.8 Å². The van der Waals surface area contributed by atoms with Gasteiger partial charge in [-0.15, -0.1) is 0 Å². The maximum atomic E-state index is 15.8. The van der Waals surface area contributed by atoms with Crippen LogP contribution >= 0.6 is 0 Å². The van der Waals surface area contributed by atoms with Crippen molar-refractivity contribution in [3.05, 3.63) is 65.2 Å². The van der Waals surface area contributed by atoms with E-state index in [9.17, 15) is 32.5 Å². The Morgan fingerprint density at radius 2 is 1.80 bits per heavy atom. The predicted molar refractivity (Wildman–Crippen MR) is 232 cm³/mol. The number of nitrogens with one attached hydrogen (secondary N) is 2. The van der Waals surface area contributed by atoms with E-state index < -0.39 is 51.3 Å². The van der Waals surface area contributed by atoms with Gasteiger partial charge in [0.15, 0.2) is 23.1 Å². The van der Waals surface area contributed by atoms with Crippen LogP contribution in [0.4, 0.5) is 40.8 Å². The average molecular weight is 917 g/mol. The number of piperidine rings is 1. The molecule has 22 heteroatoms. The summed E-state index contributed by atoms with van der Waals surface area (Å²) in [5, 5.41) is 17.2. The summed E-state index contributed by atoms with van der Waals surface area (Å²) in [6.45, 7) is 2.97. The number of aryl methyl sites for hydroxylation is 1. The fraction of sp³-hybridized carbons (Fsp3) is 0.419. The molecule has 4 amide bonds. The fourth-order valence-corrected chi connectivity index (χ4v) is 10.3. The number of anilines is 3. The summed E-state index contributed by atoms with van der Waals surface area (Å²) in [5.74, 6) is -2.42. The highest BCUT2D eigenvalue weighted by Crippen LogP contribution is 2.37. The number of carbonyl (C=O) groups is 3. The summed E-state index contributed by atoms with van der Waals surface area (Å²) in [6, 6.07) is 11.0. The number of hydrogen-bond donors (Lipinski definition) is 2. The molecule has 0 aliphatic carbocycles. The molecule has 18 nitrogen and oxygen atoms in total. The normalized spacial score (nSPS) is 21.8. The second-order valence-corrected chi connectivity index (χ2v) is 18.1. The Morgan fingerprint density at radius 1 is 0.985 bits per heavy atom. The second-order valence-electron chi connectivity index (χ2n) is 16.5. The van der Waals surface area contributed by atoms with Crippen molar-refractivity contribution in [3.8, 4) is 17.6 Å². The van der Waals surface area contributed by atoms with Crippen LogP contribution in [0.2, 0.25) is 0 Å². The van der Waals surface area contributed by atoms with Crippen LogP contribution in [0.25, 0.3) is 10.9 Å². The van der Waals surface area contributed by atoms with Gasteiger partial charge in [0.25, 0.3) is 6.34 Å². The smallest absolute Gasteiger partial charge is 0.350 e. The van der Waals surface area contributed by atoms with E-state index in [2.05, 4.69) is 25.0 Å². The lowest BCUT2D eigenvalue weighted by Gasteiger charge is -2.39. The number of fused-ring (bicyclic) bond motifs is 2. The van der Waals surface area contributed by atoms with Crippen molar-refractivity contribution in [2.45, 2.75) is 50.7 Å². The minimum absolute atomic E-state index is 0.000779. The van der Waals surface area contributed by atoms with Crippen LogP contribution in [0, 0.1) is 23.0 Å². The molecule has 2 N–H and O–H groups in total. The lowest BCUT2D eigenvalue weighted by Crippen LogP contribution is -2.49. The van der Waals surface area contributed by atoms with Crippen LogP contribution in [0.1, 0.15) is 54.4 Å². The molecule has 3 aromatic carbocycles. The van der Waals surface area contributed by atoms with Crippen LogP contribution in [-0.2, 0) is 26.8 Å². The van der Waals surface area contributed by atoms with Gasteiger partial charge in [-0.05, 0) is 73.6 Å². The van der Waals surface area contributed by atoms with E-state index in [1.807, 2.05) is 4.90 Å². The van der Waals surface area contributed by atoms with Gasteiger partial charge in [0, 0.05) is 76.7 Å². The van der Waals surface area contributed by atoms with Crippen molar-refractivity contribution in [1.82, 2.24) is 24.3 Å². The Hall–Kier alpha value is -6.41. The number of rotatable bonds is 8. The van der Waals surface area contributed by atoms with Crippen LogP contribution in [0.5, 0.6) is 11.5 Å². The largest absolute Gasteiger partial charge is 0.453 e. The van der Waals surface area contributed by atoms with Gasteiger partial charge >= 0.3 is 22.1 Å². The van der Waals surface area contributed by atoms with Crippen molar-refractivity contribution >= 4 is 73.9 Å². The van der Waals surface area contributed by atoms with Gasteiger partial charge in [-0.2, -0.15) is 27.7 Å². The Kier molecular flexibility index (Phi) is 12.0. The van der Waals surface area contributed by atoms with Gasteiger partial charge in [0.05, 0.1) is 23.5 Å². The molecule has 4 fully saturated rings. The number of carbonyl (C=O) groups excluding carboxylic acids is 3. The number of aliphatic imine (C=N–C) groups is 1. The topological polar surface area (TPSA) is 198 Å². The Labute approximate surface area is 371 Å². The number of amides is 4. The Balaban J connectivity index is 0.843. The molecule has 0 radical (unpaired) electrons. The Bertz CT molecular complexity index is 2820. The summed E-state index contributed by atoms with van der Waals surface area (Å²) < 4.78 is 88.8.